The minimum atomic E-state index is -3.93. The highest BCUT2D eigenvalue weighted by molar-refractivity contribution is 7.91. The third kappa shape index (κ3) is 5.75. The Balaban J connectivity index is 1.40. The van der Waals surface area contributed by atoms with Gasteiger partial charge in [-0.3, -0.25) is 10.1 Å². The fraction of sp³-hybridized carbons (Fsp3) is 0.348. The zero-order valence-electron chi connectivity index (χ0n) is 18.9. The first-order valence-corrected chi connectivity index (χ1v) is 13.7. The molecule has 0 spiro atoms. The highest BCUT2D eigenvalue weighted by atomic mass is 35.5. The molecule has 1 aliphatic rings. The maximum absolute atomic E-state index is 12.8. The molecule has 1 aromatic heterocycles. The van der Waals surface area contributed by atoms with E-state index in [2.05, 4.69) is 32.1 Å². The fourth-order valence-electron chi connectivity index (χ4n) is 3.93. The smallest absolute Gasteiger partial charge is 0.270 e. The molecule has 8 nitrogen and oxygen atoms in total. The van der Waals surface area contributed by atoms with Crippen molar-refractivity contribution in [2.75, 3.05) is 23.3 Å². The monoisotopic (exact) mass is 519 g/mol. The Hall–Kier alpha value is -2.53. The largest absolute Gasteiger partial charge is 0.371 e. The summed E-state index contributed by atoms with van der Waals surface area (Å²) in [5.74, 6) is 0.181. The third-order valence-electron chi connectivity index (χ3n) is 5.72. The molecule has 34 heavy (non-hydrogen) atoms. The molecule has 180 valence electrons. The van der Waals surface area contributed by atoms with E-state index in [1.165, 1.54) is 12.8 Å². The summed E-state index contributed by atoms with van der Waals surface area (Å²) in [4.78, 5) is 14.8. The first-order valence-electron chi connectivity index (χ1n) is 11.0. The Bertz CT molecular complexity index is 1260. The van der Waals surface area contributed by atoms with Crippen molar-refractivity contribution in [2.24, 2.45) is 5.92 Å². The molecule has 1 saturated heterocycles. The van der Waals surface area contributed by atoms with E-state index >= 15 is 0 Å². The normalized spacial score (nSPS) is 17.4. The van der Waals surface area contributed by atoms with Crippen molar-refractivity contribution in [1.29, 1.82) is 0 Å². The highest BCUT2D eigenvalue weighted by Gasteiger charge is 2.24. The molecule has 0 unspecified atom stereocenters. The second-order valence-electron chi connectivity index (χ2n) is 8.44. The predicted octanol–water partition coefficient (Wildman–Crippen LogP) is 4.72. The van der Waals surface area contributed by atoms with Gasteiger partial charge in [0.2, 0.25) is 9.47 Å². The molecule has 1 amide bonds. The summed E-state index contributed by atoms with van der Waals surface area (Å²) in [7, 11) is -3.93. The van der Waals surface area contributed by atoms with Crippen molar-refractivity contribution in [3.8, 4) is 0 Å². The average Bonchev–Trinajstić information content (AvgIpc) is 3.29. The molecule has 2 N–H and O–H groups in total. The number of rotatable bonds is 7. The molecule has 4 rings (SSSR count). The summed E-state index contributed by atoms with van der Waals surface area (Å²) in [6.45, 7) is 6.11. The lowest BCUT2D eigenvalue weighted by molar-refractivity contribution is 0.102. The number of amides is 1. The van der Waals surface area contributed by atoms with Crippen LogP contribution in [0.1, 0.15) is 48.7 Å². The minimum Gasteiger partial charge on any atom is -0.371 e. The minimum absolute atomic E-state index is 0.0676. The van der Waals surface area contributed by atoms with Gasteiger partial charge >= 0.3 is 0 Å². The number of aromatic nitrogens is 2. The molecule has 2 heterocycles. The van der Waals surface area contributed by atoms with Gasteiger partial charge in [0.15, 0.2) is 0 Å². The predicted molar refractivity (Wildman–Crippen MR) is 135 cm³/mol. The summed E-state index contributed by atoms with van der Waals surface area (Å²) in [6.07, 6.45) is 2.44. The number of nitrogens with zero attached hydrogens (tertiary/aromatic N) is 3. The number of hydrogen-bond donors (Lipinski definition) is 2. The molecule has 2 aromatic carbocycles. The second-order valence-corrected chi connectivity index (χ2v) is 11.7. The van der Waals surface area contributed by atoms with Gasteiger partial charge in [-0.1, -0.05) is 54.1 Å². The van der Waals surface area contributed by atoms with Crippen LogP contribution in [0.15, 0.2) is 52.9 Å². The Morgan fingerprint density at radius 1 is 1.18 bits per heavy atom. The molecule has 0 aliphatic carbocycles. The van der Waals surface area contributed by atoms with Crippen LogP contribution in [-0.4, -0.2) is 37.6 Å². The molecule has 3 aromatic rings. The summed E-state index contributed by atoms with van der Waals surface area (Å²) in [5, 5.41) is 10.4. The van der Waals surface area contributed by atoms with E-state index in [1.807, 2.05) is 24.3 Å². The number of sulfonamides is 1. The van der Waals surface area contributed by atoms with Crippen molar-refractivity contribution in [1.82, 2.24) is 14.9 Å². The molecule has 11 heteroatoms. The summed E-state index contributed by atoms with van der Waals surface area (Å²) >= 11 is 6.81. The molecule has 0 radical (unpaired) electrons. The van der Waals surface area contributed by atoms with E-state index in [0.717, 1.165) is 35.7 Å². The van der Waals surface area contributed by atoms with Crippen LogP contribution in [0, 0.1) is 5.92 Å². The number of benzene rings is 2. The number of carbonyl (C=O) groups excluding carboxylic acids is 1. The van der Waals surface area contributed by atoms with Gasteiger partial charge in [0.1, 0.15) is 0 Å². The Labute approximate surface area is 208 Å². The van der Waals surface area contributed by atoms with Gasteiger partial charge in [0, 0.05) is 24.8 Å². The zero-order valence-corrected chi connectivity index (χ0v) is 21.3. The molecule has 1 aliphatic heterocycles. The van der Waals surface area contributed by atoms with Crippen LogP contribution < -0.4 is 14.9 Å². The first-order chi connectivity index (χ1) is 16.2. The van der Waals surface area contributed by atoms with Gasteiger partial charge in [0.25, 0.3) is 15.9 Å². The summed E-state index contributed by atoms with van der Waals surface area (Å²) in [6, 6.07) is 14.0. The van der Waals surface area contributed by atoms with Crippen LogP contribution in [0.3, 0.4) is 0 Å². The second kappa shape index (κ2) is 10.4. The topological polar surface area (TPSA) is 104 Å². The maximum Gasteiger partial charge on any atom is 0.270 e. The van der Waals surface area contributed by atoms with E-state index in [0.29, 0.717) is 5.92 Å². The standard InChI is InChI=1S/C23H26ClN5O3S2/c1-15-6-5-13-29(14-15)18-11-9-17(10-12-18)16(2)28-34(31,32)23-27-26-22(33-23)25-21(30)19-7-3-4-8-20(19)24/h3-4,7-12,15-16,28H,5-6,13-14H2,1-2H3,(H,25,26,30)/t15-,16+/m1/s1. The van der Waals surface area contributed by atoms with Crippen molar-refractivity contribution in [2.45, 2.75) is 37.1 Å². The molecule has 2 atom stereocenters. The van der Waals surface area contributed by atoms with Gasteiger partial charge in [-0.25, -0.2) is 13.1 Å². The average molecular weight is 520 g/mol. The fourth-order valence-corrected chi connectivity index (χ4v) is 6.29. The Morgan fingerprint density at radius 3 is 2.62 bits per heavy atom. The molecular weight excluding hydrogens is 494 g/mol. The van der Waals surface area contributed by atoms with Crippen molar-refractivity contribution in [3.63, 3.8) is 0 Å². The Kier molecular flexibility index (Phi) is 7.51. The van der Waals surface area contributed by atoms with Crippen molar-refractivity contribution >= 4 is 49.7 Å². The van der Waals surface area contributed by atoms with E-state index in [4.69, 9.17) is 11.6 Å². The number of halogens is 1. The number of hydrogen-bond acceptors (Lipinski definition) is 7. The molecule has 1 fully saturated rings. The summed E-state index contributed by atoms with van der Waals surface area (Å²) in [5.41, 5.74) is 2.25. The number of piperidine rings is 1. The molecular formula is C23H26ClN5O3S2. The molecule has 0 saturated carbocycles. The quantitative estimate of drug-likeness (QED) is 0.438. The number of carbonyl (C=O) groups is 1. The van der Waals surface area contributed by atoms with E-state index in [9.17, 15) is 13.2 Å². The van der Waals surface area contributed by atoms with Crippen LogP contribution >= 0.6 is 22.9 Å². The zero-order chi connectivity index (χ0) is 24.3. The van der Waals surface area contributed by atoms with Crippen LogP contribution in [0.5, 0.6) is 0 Å². The lowest BCUT2D eigenvalue weighted by Gasteiger charge is -2.33. The van der Waals surface area contributed by atoms with Crippen LogP contribution in [-0.2, 0) is 10.0 Å². The number of anilines is 2. The Morgan fingerprint density at radius 2 is 1.91 bits per heavy atom. The van der Waals surface area contributed by atoms with Crippen molar-refractivity contribution in [3.05, 3.63) is 64.7 Å². The van der Waals surface area contributed by atoms with Crippen LogP contribution in [0.4, 0.5) is 10.8 Å². The van der Waals surface area contributed by atoms with Gasteiger partial charge in [-0.15, -0.1) is 10.2 Å². The van der Waals surface area contributed by atoms with Gasteiger partial charge in [0.05, 0.1) is 10.6 Å². The van der Waals surface area contributed by atoms with Gasteiger partial charge in [-0.05, 0) is 55.5 Å². The van der Waals surface area contributed by atoms with Crippen LogP contribution in [0.2, 0.25) is 5.02 Å². The number of nitrogens with one attached hydrogen (secondary N) is 2. The maximum atomic E-state index is 12.8. The lowest BCUT2D eigenvalue weighted by Crippen LogP contribution is -2.34. The summed E-state index contributed by atoms with van der Waals surface area (Å²) < 4.78 is 28.1. The van der Waals surface area contributed by atoms with Gasteiger partial charge < -0.3 is 4.90 Å². The highest BCUT2D eigenvalue weighted by Crippen LogP contribution is 2.27. The lowest BCUT2D eigenvalue weighted by atomic mass is 9.99. The van der Waals surface area contributed by atoms with Crippen molar-refractivity contribution < 1.29 is 13.2 Å². The van der Waals surface area contributed by atoms with E-state index in [-0.39, 0.29) is 20.1 Å². The first kappa shape index (κ1) is 24.6. The van der Waals surface area contributed by atoms with E-state index < -0.39 is 22.0 Å². The van der Waals surface area contributed by atoms with Crippen LogP contribution in [0.25, 0.3) is 0 Å². The van der Waals surface area contributed by atoms with E-state index in [1.54, 1.807) is 31.2 Å². The third-order valence-corrected chi connectivity index (χ3v) is 8.80. The van der Waals surface area contributed by atoms with Gasteiger partial charge in [-0.2, -0.15) is 0 Å². The SMILES string of the molecule is C[C@@H]1CCCN(c2ccc([C@H](C)NS(=O)(=O)c3nnc(NC(=O)c4ccccc4Cl)s3)cc2)C1. The molecule has 0 bridgehead atoms.